The Balaban J connectivity index is 2.03. The van der Waals surface area contributed by atoms with Crippen LogP contribution in [0, 0.1) is 13.8 Å². The van der Waals surface area contributed by atoms with E-state index in [1.165, 1.54) is 0 Å². The van der Waals surface area contributed by atoms with Gasteiger partial charge in [0.05, 0.1) is 19.3 Å². The summed E-state index contributed by atoms with van der Waals surface area (Å²) in [6.45, 7) is 4.78. The molecule has 0 bridgehead atoms. The number of ether oxygens (including phenoxy) is 1. The van der Waals surface area contributed by atoms with Crippen molar-refractivity contribution in [1.29, 1.82) is 0 Å². The quantitative estimate of drug-likeness (QED) is 0.718. The fraction of sp³-hybridized carbons (Fsp3) is 0.235. The number of rotatable bonds is 3. The first-order chi connectivity index (χ1) is 10.1. The first-order valence-corrected chi connectivity index (χ1v) is 7.21. The first kappa shape index (κ1) is 14.0. The second-order valence-electron chi connectivity index (χ2n) is 5.19. The number of methoxy groups -OCH3 is 1. The highest BCUT2D eigenvalue weighted by molar-refractivity contribution is 6.31. The maximum atomic E-state index is 6.03. The zero-order chi connectivity index (χ0) is 15.0. The summed E-state index contributed by atoms with van der Waals surface area (Å²) >= 11 is 6.03. The molecule has 0 fully saturated rings. The van der Waals surface area contributed by atoms with Gasteiger partial charge in [0.2, 0.25) is 0 Å². The standard InChI is InChI=1S/C17H17ClN2O/c1-11-9-19-15(12(2)17(11)21-3)10-20-7-6-13-8-14(18)4-5-16(13)20/h4-9H,10H2,1-3H3. The van der Waals surface area contributed by atoms with Crippen LogP contribution < -0.4 is 4.74 Å². The monoisotopic (exact) mass is 300 g/mol. The lowest BCUT2D eigenvalue weighted by molar-refractivity contribution is 0.406. The minimum atomic E-state index is 0.716. The van der Waals surface area contributed by atoms with Crippen LogP contribution in [0.25, 0.3) is 10.9 Å². The summed E-state index contributed by atoms with van der Waals surface area (Å²) in [4.78, 5) is 4.56. The molecular weight excluding hydrogens is 284 g/mol. The zero-order valence-corrected chi connectivity index (χ0v) is 13.1. The summed E-state index contributed by atoms with van der Waals surface area (Å²) in [5.41, 5.74) is 4.32. The molecule has 2 heterocycles. The molecule has 0 atom stereocenters. The van der Waals surface area contributed by atoms with E-state index in [1.54, 1.807) is 7.11 Å². The topological polar surface area (TPSA) is 27.1 Å². The molecule has 0 unspecified atom stereocenters. The Bertz CT molecular complexity index is 808. The number of halogens is 1. The van der Waals surface area contributed by atoms with E-state index in [9.17, 15) is 0 Å². The molecule has 1 aromatic carbocycles. The number of hydrogen-bond donors (Lipinski definition) is 0. The third-order valence-electron chi connectivity index (χ3n) is 3.80. The van der Waals surface area contributed by atoms with Crippen LogP contribution in [-0.4, -0.2) is 16.7 Å². The Morgan fingerprint density at radius 3 is 2.81 bits per heavy atom. The Labute approximate surface area is 129 Å². The highest BCUT2D eigenvalue weighted by Gasteiger charge is 2.11. The smallest absolute Gasteiger partial charge is 0.128 e. The molecule has 108 valence electrons. The van der Waals surface area contributed by atoms with Crippen LogP contribution >= 0.6 is 11.6 Å². The van der Waals surface area contributed by atoms with E-state index < -0.39 is 0 Å². The summed E-state index contributed by atoms with van der Waals surface area (Å²) in [5.74, 6) is 0.916. The largest absolute Gasteiger partial charge is 0.496 e. The summed E-state index contributed by atoms with van der Waals surface area (Å²) in [5, 5.41) is 1.89. The van der Waals surface area contributed by atoms with Crippen molar-refractivity contribution in [3.05, 3.63) is 58.5 Å². The van der Waals surface area contributed by atoms with Gasteiger partial charge in [0.25, 0.3) is 0 Å². The Morgan fingerprint density at radius 2 is 2.05 bits per heavy atom. The molecule has 0 amide bonds. The number of hydrogen-bond acceptors (Lipinski definition) is 2. The third-order valence-corrected chi connectivity index (χ3v) is 4.04. The molecule has 3 aromatic rings. The van der Waals surface area contributed by atoms with Crippen LogP contribution in [0.15, 0.2) is 36.7 Å². The molecule has 0 spiro atoms. The Kier molecular flexibility index (Phi) is 3.60. The molecule has 21 heavy (non-hydrogen) atoms. The number of benzene rings is 1. The average molecular weight is 301 g/mol. The van der Waals surface area contributed by atoms with Crippen LogP contribution in [0.1, 0.15) is 16.8 Å². The SMILES string of the molecule is COc1c(C)cnc(Cn2ccc3cc(Cl)ccc32)c1C. The van der Waals surface area contributed by atoms with Crippen LogP contribution in [0.4, 0.5) is 0 Å². The lowest BCUT2D eigenvalue weighted by Crippen LogP contribution is -2.05. The third kappa shape index (κ3) is 2.49. The molecule has 0 radical (unpaired) electrons. The summed E-state index contributed by atoms with van der Waals surface area (Å²) in [7, 11) is 1.70. The van der Waals surface area contributed by atoms with Gasteiger partial charge in [-0.3, -0.25) is 4.98 Å². The zero-order valence-electron chi connectivity index (χ0n) is 12.4. The number of aromatic nitrogens is 2. The van der Waals surface area contributed by atoms with Crippen molar-refractivity contribution in [2.24, 2.45) is 0 Å². The van der Waals surface area contributed by atoms with Gasteiger partial charge in [-0.15, -0.1) is 0 Å². The van der Waals surface area contributed by atoms with E-state index in [0.29, 0.717) is 6.54 Å². The van der Waals surface area contributed by atoms with E-state index in [-0.39, 0.29) is 0 Å². The van der Waals surface area contributed by atoms with Gasteiger partial charge >= 0.3 is 0 Å². The van der Waals surface area contributed by atoms with Gasteiger partial charge in [-0.2, -0.15) is 0 Å². The lowest BCUT2D eigenvalue weighted by atomic mass is 10.1. The van der Waals surface area contributed by atoms with E-state index in [4.69, 9.17) is 16.3 Å². The van der Waals surface area contributed by atoms with Crippen LogP contribution in [-0.2, 0) is 6.54 Å². The van der Waals surface area contributed by atoms with E-state index >= 15 is 0 Å². The van der Waals surface area contributed by atoms with Crippen molar-refractivity contribution >= 4 is 22.5 Å². The molecule has 3 nitrogen and oxygen atoms in total. The van der Waals surface area contributed by atoms with Crippen molar-refractivity contribution < 1.29 is 4.74 Å². The van der Waals surface area contributed by atoms with E-state index in [1.807, 2.05) is 31.3 Å². The van der Waals surface area contributed by atoms with Crippen molar-refractivity contribution in [2.45, 2.75) is 20.4 Å². The van der Waals surface area contributed by atoms with Gasteiger partial charge in [-0.1, -0.05) is 11.6 Å². The van der Waals surface area contributed by atoms with Gasteiger partial charge in [0.15, 0.2) is 0 Å². The second kappa shape index (κ2) is 5.41. The molecule has 0 N–H and O–H groups in total. The Hall–Kier alpha value is -2.00. The molecule has 0 saturated carbocycles. The van der Waals surface area contributed by atoms with Crippen LogP contribution in [0.5, 0.6) is 5.75 Å². The molecule has 4 heteroatoms. The molecule has 0 aliphatic heterocycles. The predicted octanol–water partition coefficient (Wildman–Crippen LogP) is 4.36. The lowest BCUT2D eigenvalue weighted by Gasteiger charge is -2.13. The predicted molar refractivity (Wildman–Crippen MR) is 86.3 cm³/mol. The fourth-order valence-corrected chi connectivity index (χ4v) is 2.88. The Morgan fingerprint density at radius 1 is 1.24 bits per heavy atom. The summed E-state index contributed by atoms with van der Waals surface area (Å²) in [6.07, 6.45) is 3.93. The van der Waals surface area contributed by atoms with Gasteiger partial charge in [-0.25, -0.2) is 0 Å². The van der Waals surface area contributed by atoms with Gasteiger partial charge in [0, 0.05) is 39.4 Å². The molecule has 0 aliphatic rings. The van der Waals surface area contributed by atoms with Crippen molar-refractivity contribution in [2.75, 3.05) is 7.11 Å². The van der Waals surface area contributed by atoms with E-state index in [0.717, 1.165) is 38.5 Å². The molecule has 0 aliphatic carbocycles. The fourth-order valence-electron chi connectivity index (χ4n) is 2.70. The van der Waals surface area contributed by atoms with Gasteiger partial charge in [-0.05, 0) is 38.1 Å². The molecule has 2 aromatic heterocycles. The summed E-state index contributed by atoms with van der Waals surface area (Å²) in [6, 6.07) is 8.00. The van der Waals surface area contributed by atoms with Gasteiger partial charge < -0.3 is 9.30 Å². The van der Waals surface area contributed by atoms with Crippen LogP contribution in [0.2, 0.25) is 5.02 Å². The first-order valence-electron chi connectivity index (χ1n) is 6.83. The highest BCUT2D eigenvalue weighted by atomic mass is 35.5. The number of pyridine rings is 1. The number of nitrogens with zero attached hydrogens (tertiary/aromatic N) is 2. The van der Waals surface area contributed by atoms with Crippen molar-refractivity contribution in [3.63, 3.8) is 0 Å². The van der Waals surface area contributed by atoms with Crippen molar-refractivity contribution in [1.82, 2.24) is 9.55 Å². The van der Waals surface area contributed by atoms with Crippen molar-refractivity contribution in [3.8, 4) is 5.75 Å². The summed E-state index contributed by atoms with van der Waals surface area (Å²) < 4.78 is 7.65. The maximum Gasteiger partial charge on any atom is 0.128 e. The van der Waals surface area contributed by atoms with Crippen LogP contribution in [0.3, 0.4) is 0 Å². The highest BCUT2D eigenvalue weighted by Crippen LogP contribution is 2.26. The second-order valence-corrected chi connectivity index (χ2v) is 5.63. The number of fused-ring (bicyclic) bond motifs is 1. The average Bonchev–Trinajstić information content (AvgIpc) is 2.85. The van der Waals surface area contributed by atoms with Gasteiger partial charge in [0.1, 0.15) is 5.75 Å². The minimum absolute atomic E-state index is 0.716. The maximum absolute atomic E-state index is 6.03. The molecule has 3 rings (SSSR count). The molecular formula is C17H17ClN2O. The number of aryl methyl sites for hydroxylation is 1. The molecule has 0 saturated heterocycles. The minimum Gasteiger partial charge on any atom is -0.496 e. The van der Waals surface area contributed by atoms with E-state index in [2.05, 4.69) is 28.7 Å². The normalized spacial score (nSPS) is 11.0.